The van der Waals surface area contributed by atoms with Gasteiger partial charge in [0.2, 0.25) is 0 Å². The van der Waals surface area contributed by atoms with Crippen molar-refractivity contribution in [1.82, 2.24) is 20.7 Å². The summed E-state index contributed by atoms with van der Waals surface area (Å²) < 4.78 is 5.27. The van der Waals surface area contributed by atoms with Gasteiger partial charge in [0.25, 0.3) is 5.91 Å². The van der Waals surface area contributed by atoms with Crippen LogP contribution in [0.15, 0.2) is 18.2 Å². The summed E-state index contributed by atoms with van der Waals surface area (Å²) in [4.78, 5) is 23.6. The number of aromatic amines is 1. The Kier molecular flexibility index (Phi) is 3.76. The highest BCUT2D eigenvalue weighted by atomic mass is 16.5. The predicted octanol–water partition coefficient (Wildman–Crippen LogP) is 0.712. The van der Waals surface area contributed by atoms with Crippen LogP contribution in [0.5, 0.6) is 0 Å². The average molecular weight is 304 g/mol. The fraction of sp³-hybridized carbons (Fsp3) is 0.429. The lowest BCUT2D eigenvalue weighted by Crippen LogP contribution is -2.53. The van der Waals surface area contributed by atoms with Crippen molar-refractivity contribution in [3.8, 4) is 0 Å². The topological polar surface area (TPSA) is 117 Å². The van der Waals surface area contributed by atoms with Crippen molar-refractivity contribution in [2.75, 3.05) is 13.2 Å². The monoisotopic (exact) mass is 304 g/mol. The first-order valence-electron chi connectivity index (χ1n) is 7.01. The van der Waals surface area contributed by atoms with Crippen LogP contribution >= 0.6 is 0 Å². The number of carbonyl (C=O) groups excluding carboxylic acids is 1. The normalized spacial score (nSPS) is 17.3. The fourth-order valence-electron chi connectivity index (χ4n) is 2.69. The second-order valence-corrected chi connectivity index (χ2v) is 5.44. The molecule has 0 bridgehead atoms. The molecule has 0 spiro atoms. The molecule has 3 rings (SSSR count). The molecule has 8 nitrogen and oxygen atoms in total. The summed E-state index contributed by atoms with van der Waals surface area (Å²) in [6, 6.07) is 4.97. The van der Waals surface area contributed by atoms with Crippen LogP contribution in [0.25, 0.3) is 11.0 Å². The van der Waals surface area contributed by atoms with Crippen LogP contribution in [0.4, 0.5) is 0 Å². The number of rotatable bonds is 4. The summed E-state index contributed by atoms with van der Waals surface area (Å²) >= 11 is 0. The number of nitrogens with one attached hydrogen (secondary N) is 2. The van der Waals surface area contributed by atoms with Crippen LogP contribution in [0.1, 0.15) is 29.6 Å². The van der Waals surface area contributed by atoms with E-state index in [0.29, 0.717) is 42.7 Å². The number of nitrogens with zero attached hydrogens (tertiary/aromatic N) is 2. The SMILES string of the molecule is O=C(O)CC1(NC(=O)c2ccc3n[nH]nc3c2)CCOCC1. The van der Waals surface area contributed by atoms with Crippen molar-refractivity contribution >= 4 is 22.9 Å². The van der Waals surface area contributed by atoms with Crippen LogP contribution in [0.2, 0.25) is 0 Å². The zero-order valence-corrected chi connectivity index (χ0v) is 11.8. The van der Waals surface area contributed by atoms with Gasteiger partial charge < -0.3 is 15.2 Å². The molecule has 3 N–H and O–H groups in total. The van der Waals surface area contributed by atoms with Crippen LogP contribution in [-0.4, -0.2) is 51.1 Å². The average Bonchev–Trinajstić information content (AvgIpc) is 2.94. The van der Waals surface area contributed by atoms with Gasteiger partial charge >= 0.3 is 5.97 Å². The lowest BCUT2D eigenvalue weighted by atomic mass is 9.86. The van der Waals surface area contributed by atoms with E-state index in [1.165, 1.54) is 0 Å². The van der Waals surface area contributed by atoms with Gasteiger partial charge in [-0.3, -0.25) is 9.59 Å². The smallest absolute Gasteiger partial charge is 0.305 e. The van der Waals surface area contributed by atoms with Crippen LogP contribution in [0, 0.1) is 0 Å². The Balaban J connectivity index is 1.81. The first kappa shape index (κ1) is 14.5. The summed E-state index contributed by atoms with van der Waals surface area (Å²) in [5.74, 6) is -1.25. The Bertz CT molecular complexity index is 706. The molecule has 1 amide bonds. The van der Waals surface area contributed by atoms with E-state index in [1.807, 2.05) is 0 Å². The van der Waals surface area contributed by atoms with Crippen LogP contribution < -0.4 is 5.32 Å². The van der Waals surface area contributed by atoms with Gasteiger partial charge in [0.1, 0.15) is 11.0 Å². The number of aromatic nitrogens is 3. The number of amides is 1. The van der Waals surface area contributed by atoms with E-state index in [9.17, 15) is 9.59 Å². The molecule has 1 saturated heterocycles. The minimum atomic E-state index is -0.936. The molecule has 1 aliphatic rings. The Morgan fingerprint density at radius 2 is 2.00 bits per heavy atom. The van der Waals surface area contributed by atoms with Crippen LogP contribution in [-0.2, 0) is 9.53 Å². The van der Waals surface area contributed by atoms with Gasteiger partial charge in [0, 0.05) is 18.8 Å². The van der Waals surface area contributed by atoms with E-state index in [0.717, 1.165) is 0 Å². The Hall–Kier alpha value is -2.48. The van der Waals surface area contributed by atoms with Gasteiger partial charge in [-0.1, -0.05) is 0 Å². The van der Waals surface area contributed by atoms with Gasteiger partial charge in [-0.2, -0.15) is 15.4 Å². The molecule has 8 heteroatoms. The van der Waals surface area contributed by atoms with E-state index < -0.39 is 11.5 Å². The van der Waals surface area contributed by atoms with E-state index in [4.69, 9.17) is 9.84 Å². The largest absolute Gasteiger partial charge is 0.481 e. The molecule has 0 unspecified atom stereocenters. The molecule has 2 heterocycles. The number of H-pyrrole nitrogens is 1. The van der Waals surface area contributed by atoms with Gasteiger partial charge in [0.15, 0.2) is 0 Å². The van der Waals surface area contributed by atoms with Crippen LogP contribution in [0.3, 0.4) is 0 Å². The van der Waals surface area contributed by atoms with Gasteiger partial charge in [-0.25, -0.2) is 0 Å². The highest BCUT2D eigenvalue weighted by Crippen LogP contribution is 2.25. The second kappa shape index (κ2) is 5.72. The lowest BCUT2D eigenvalue weighted by Gasteiger charge is -2.36. The zero-order valence-electron chi connectivity index (χ0n) is 11.8. The summed E-state index contributed by atoms with van der Waals surface area (Å²) in [5.41, 5.74) is 0.923. The van der Waals surface area contributed by atoms with Gasteiger partial charge in [0.05, 0.1) is 12.0 Å². The summed E-state index contributed by atoms with van der Waals surface area (Å²) in [6.45, 7) is 0.881. The van der Waals surface area contributed by atoms with Crippen molar-refractivity contribution < 1.29 is 19.4 Å². The number of carbonyl (C=O) groups is 2. The highest BCUT2D eigenvalue weighted by molar-refractivity contribution is 5.97. The molecular formula is C14H16N4O4. The maximum absolute atomic E-state index is 12.5. The number of carboxylic acid groups (broad SMARTS) is 1. The first-order chi connectivity index (χ1) is 10.6. The molecule has 116 valence electrons. The van der Waals surface area contributed by atoms with Crippen molar-refractivity contribution in [2.45, 2.75) is 24.8 Å². The van der Waals surface area contributed by atoms with Crippen molar-refractivity contribution in [3.05, 3.63) is 23.8 Å². The molecule has 2 aromatic rings. The third-order valence-electron chi connectivity index (χ3n) is 3.90. The van der Waals surface area contributed by atoms with Crippen molar-refractivity contribution in [1.29, 1.82) is 0 Å². The third kappa shape index (κ3) is 2.91. The maximum atomic E-state index is 12.5. The molecule has 0 saturated carbocycles. The molecule has 0 radical (unpaired) electrons. The molecule has 1 aromatic carbocycles. The molecule has 1 fully saturated rings. The highest BCUT2D eigenvalue weighted by Gasteiger charge is 2.36. The van der Waals surface area contributed by atoms with Gasteiger partial charge in [-0.15, -0.1) is 0 Å². The number of benzene rings is 1. The molecule has 0 aliphatic carbocycles. The maximum Gasteiger partial charge on any atom is 0.305 e. The predicted molar refractivity (Wildman–Crippen MR) is 76.4 cm³/mol. The van der Waals surface area contributed by atoms with E-state index in [-0.39, 0.29) is 12.3 Å². The summed E-state index contributed by atoms with van der Waals surface area (Å²) in [5, 5.41) is 22.4. The van der Waals surface area contributed by atoms with E-state index in [1.54, 1.807) is 18.2 Å². The third-order valence-corrected chi connectivity index (χ3v) is 3.90. The summed E-state index contributed by atoms with van der Waals surface area (Å²) in [7, 11) is 0. The minimum absolute atomic E-state index is 0.117. The lowest BCUT2D eigenvalue weighted by molar-refractivity contribution is -0.139. The zero-order chi connectivity index (χ0) is 15.6. The fourth-order valence-corrected chi connectivity index (χ4v) is 2.69. The number of ether oxygens (including phenoxy) is 1. The Labute approximate surface area is 125 Å². The number of hydrogen-bond acceptors (Lipinski definition) is 5. The van der Waals surface area contributed by atoms with Crippen molar-refractivity contribution in [2.24, 2.45) is 0 Å². The molecule has 22 heavy (non-hydrogen) atoms. The molecule has 1 aromatic heterocycles. The number of carboxylic acids is 1. The second-order valence-electron chi connectivity index (χ2n) is 5.44. The molecule has 1 aliphatic heterocycles. The molecule has 0 atom stereocenters. The number of fused-ring (bicyclic) bond motifs is 1. The minimum Gasteiger partial charge on any atom is -0.481 e. The quantitative estimate of drug-likeness (QED) is 0.766. The first-order valence-corrected chi connectivity index (χ1v) is 7.01. The summed E-state index contributed by atoms with van der Waals surface area (Å²) in [6.07, 6.45) is 0.850. The standard InChI is InChI=1S/C14H16N4O4/c19-12(20)8-14(3-5-22-6-4-14)15-13(21)9-1-2-10-11(7-9)17-18-16-10/h1-2,7H,3-6,8H2,(H,15,21)(H,19,20)(H,16,17,18). The van der Waals surface area contributed by atoms with Gasteiger partial charge in [-0.05, 0) is 31.0 Å². The van der Waals surface area contributed by atoms with Crippen molar-refractivity contribution in [3.63, 3.8) is 0 Å². The Morgan fingerprint density at radius 3 is 2.73 bits per heavy atom. The van der Waals surface area contributed by atoms with E-state index in [2.05, 4.69) is 20.7 Å². The number of hydrogen-bond donors (Lipinski definition) is 3. The van der Waals surface area contributed by atoms with E-state index >= 15 is 0 Å². The number of aliphatic carboxylic acids is 1. The Morgan fingerprint density at radius 1 is 1.27 bits per heavy atom. The molecular weight excluding hydrogens is 288 g/mol.